The average molecular weight is 372 g/mol. The molecule has 0 aliphatic rings. The quantitative estimate of drug-likeness (QED) is 0.827. The van der Waals surface area contributed by atoms with E-state index in [9.17, 15) is 13.7 Å². The van der Waals surface area contributed by atoms with Gasteiger partial charge >= 0.3 is 0 Å². The van der Waals surface area contributed by atoms with Crippen molar-refractivity contribution in [2.24, 2.45) is 0 Å². The maximum absolute atomic E-state index is 12.5. The van der Waals surface area contributed by atoms with Gasteiger partial charge in [0.2, 0.25) is 0 Å². The normalized spacial score (nSPS) is 12.7. The van der Waals surface area contributed by atoms with Crippen LogP contribution in [0.2, 0.25) is 5.02 Å². The molecule has 0 radical (unpaired) electrons. The summed E-state index contributed by atoms with van der Waals surface area (Å²) in [6.07, 6.45) is 2.73. The van der Waals surface area contributed by atoms with Crippen LogP contribution in [0.1, 0.15) is 10.8 Å². The summed E-state index contributed by atoms with van der Waals surface area (Å²) in [7, 11) is -3.85. The molecule has 2 aromatic rings. The fourth-order valence-electron chi connectivity index (χ4n) is 1.67. The van der Waals surface area contributed by atoms with E-state index in [-0.39, 0.29) is 15.5 Å². The molecule has 0 spiro atoms. The molecular weight excluding hydrogens is 364 g/mol. The number of hydrogen-bond acceptors (Lipinski definition) is 4. The topological polar surface area (TPSA) is 70.8 Å². The van der Waals surface area contributed by atoms with Crippen molar-refractivity contribution in [1.29, 1.82) is 5.26 Å². The molecule has 0 N–H and O–H groups in total. The lowest BCUT2D eigenvalue weighted by Gasteiger charge is -2.12. The Labute approximate surface area is 130 Å². The van der Waals surface area contributed by atoms with Gasteiger partial charge in [0.1, 0.15) is 0 Å². The minimum absolute atomic E-state index is 0.0718. The van der Waals surface area contributed by atoms with Crippen LogP contribution in [-0.4, -0.2) is 13.4 Å². The molecular formula is C13H8BrClN2O2S. The first kappa shape index (κ1) is 15.0. The molecule has 1 unspecified atom stereocenters. The molecule has 0 saturated carbocycles. The molecule has 1 atom stereocenters. The van der Waals surface area contributed by atoms with Gasteiger partial charge in [-0.2, -0.15) is 5.26 Å². The average Bonchev–Trinajstić information content (AvgIpc) is 2.45. The van der Waals surface area contributed by atoms with E-state index in [2.05, 4.69) is 20.9 Å². The van der Waals surface area contributed by atoms with Gasteiger partial charge in [-0.25, -0.2) is 8.42 Å². The van der Waals surface area contributed by atoms with E-state index in [4.69, 9.17) is 11.6 Å². The van der Waals surface area contributed by atoms with Crippen LogP contribution < -0.4 is 0 Å². The summed E-state index contributed by atoms with van der Waals surface area (Å²) in [4.78, 5) is 3.95. The molecule has 0 aliphatic carbocycles. The molecule has 1 aromatic carbocycles. The second-order valence-electron chi connectivity index (χ2n) is 3.89. The highest BCUT2D eigenvalue weighted by atomic mass is 79.9. The third-order valence-corrected chi connectivity index (χ3v) is 5.81. The van der Waals surface area contributed by atoms with Gasteiger partial charge in [0.25, 0.3) is 0 Å². The highest BCUT2D eigenvalue weighted by Crippen LogP contribution is 2.35. The van der Waals surface area contributed by atoms with E-state index in [1.165, 1.54) is 24.5 Å². The van der Waals surface area contributed by atoms with Gasteiger partial charge in [0.05, 0.1) is 20.5 Å². The van der Waals surface area contributed by atoms with E-state index >= 15 is 0 Å². The number of hydrogen-bond donors (Lipinski definition) is 0. The summed E-state index contributed by atoms with van der Waals surface area (Å²) in [5.41, 5.74) is 0.160. The van der Waals surface area contributed by atoms with Crippen molar-refractivity contribution in [2.45, 2.75) is 10.1 Å². The third kappa shape index (κ3) is 2.70. The predicted octanol–water partition coefficient (Wildman–Crippen LogP) is 3.54. The number of benzene rings is 1. The van der Waals surface area contributed by atoms with Crippen molar-refractivity contribution >= 4 is 37.4 Å². The van der Waals surface area contributed by atoms with E-state index in [0.717, 1.165) is 0 Å². The Morgan fingerprint density at radius 2 is 1.90 bits per heavy atom. The number of nitriles is 1. The second-order valence-corrected chi connectivity index (χ2v) is 7.16. The molecule has 0 aliphatic heterocycles. The summed E-state index contributed by atoms with van der Waals surface area (Å²) in [5, 5.41) is 8.03. The number of pyridine rings is 1. The number of sulfone groups is 1. The summed E-state index contributed by atoms with van der Waals surface area (Å²) in [6.45, 7) is 0. The van der Waals surface area contributed by atoms with E-state index in [1.807, 2.05) is 0 Å². The Balaban J connectivity index is 2.60. The molecule has 102 valence electrons. The summed E-state index contributed by atoms with van der Waals surface area (Å²) in [6, 6.07) is 9.58. The standard InChI is InChI=1S/C13H8BrClN2O2S/c14-11-8-17-7-10(13(11)15)12(6-16)20(18,19)9-4-2-1-3-5-9/h1-5,7-8,12H. The first-order valence-corrected chi connectivity index (χ1v) is 8.17. The zero-order valence-corrected chi connectivity index (χ0v) is 13.2. The number of halogens is 2. The van der Waals surface area contributed by atoms with Crippen LogP contribution in [0, 0.1) is 11.3 Å². The number of aromatic nitrogens is 1. The lowest BCUT2D eigenvalue weighted by Crippen LogP contribution is -2.13. The lowest BCUT2D eigenvalue weighted by atomic mass is 10.2. The molecule has 1 aromatic heterocycles. The molecule has 2 rings (SSSR count). The third-order valence-electron chi connectivity index (χ3n) is 2.65. The van der Waals surface area contributed by atoms with Crippen molar-refractivity contribution in [3.63, 3.8) is 0 Å². The first-order chi connectivity index (χ1) is 9.48. The zero-order valence-electron chi connectivity index (χ0n) is 9.99. The minimum Gasteiger partial charge on any atom is -0.263 e. The molecule has 1 heterocycles. The van der Waals surface area contributed by atoms with Crippen molar-refractivity contribution in [3.05, 3.63) is 57.8 Å². The first-order valence-electron chi connectivity index (χ1n) is 5.46. The van der Waals surface area contributed by atoms with Gasteiger partial charge in [0, 0.05) is 18.0 Å². The monoisotopic (exact) mass is 370 g/mol. The predicted molar refractivity (Wildman–Crippen MR) is 78.9 cm³/mol. The van der Waals surface area contributed by atoms with E-state index in [0.29, 0.717) is 4.47 Å². The molecule has 0 bridgehead atoms. The largest absolute Gasteiger partial charge is 0.263 e. The Bertz CT molecular complexity index is 773. The summed E-state index contributed by atoms with van der Waals surface area (Å²) in [5.74, 6) is 0. The Kier molecular flexibility index (Phi) is 4.43. The fraction of sp³-hybridized carbons (Fsp3) is 0.0769. The Morgan fingerprint density at radius 3 is 2.50 bits per heavy atom. The zero-order chi connectivity index (χ0) is 14.8. The van der Waals surface area contributed by atoms with Crippen LogP contribution in [0.3, 0.4) is 0 Å². The molecule has 0 fully saturated rings. The van der Waals surface area contributed by atoms with Gasteiger partial charge in [-0.3, -0.25) is 4.98 Å². The minimum atomic E-state index is -3.85. The van der Waals surface area contributed by atoms with Crippen LogP contribution >= 0.6 is 27.5 Å². The van der Waals surface area contributed by atoms with Gasteiger partial charge < -0.3 is 0 Å². The van der Waals surface area contributed by atoms with Crippen LogP contribution in [0.5, 0.6) is 0 Å². The highest BCUT2D eigenvalue weighted by Gasteiger charge is 2.31. The van der Waals surface area contributed by atoms with Crippen molar-refractivity contribution < 1.29 is 8.42 Å². The lowest BCUT2D eigenvalue weighted by molar-refractivity contribution is 0.591. The summed E-state index contributed by atoms with van der Waals surface area (Å²) >= 11 is 9.23. The fourth-order valence-corrected chi connectivity index (χ4v) is 3.75. The van der Waals surface area contributed by atoms with Crippen LogP contribution in [0.4, 0.5) is 0 Å². The molecule has 0 amide bonds. The summed E-state index contributed by atoms with van der Waals surface area (Å²) < 4.78 is 25.5. The van der Waals surface area contributed by atoms with Gasteiger partial charge in [-0.15, -0.1) is 0 Å². The van der Waals surface area contributed by atoms with Crippen LogP contribution in [0.15, 0.2) is 52.1 Å². The maximum atomic E-state index is 12.5. The van der Waals surface area contributed by atoms with Crippen molar-refractivity contribution in [2.75, 3.05) is 0 Å². The Morgan fingerprint density at radius 1 is 1.25 bits per heavy atom. The smallest absolute Gasteiger partial charge is 0.198 e. The number of nitrogens with zero attached hydrogens (tertiary/aromatic N) is 2. The molecule has 7 heteroatoms. The maximum Gasteiger partial charge on any atom is 0.198 e. The van der Waals surface area contributed by atoms with Gasteiger partial charge in [-0.1, -0.05) is 29.8 Å². The van der Waals surface area contributed by atoms with Gasteiger partial charge in [0.15, 0.2) is 15.1 Å². The van der Waals surface area contributed by atoms with Gasteiger partial charge in [-0.05, 0) is 28.1 Å². The number of rotatable bonds is 3. The Hall–Kier alpha value is -1.42. The van der Waals surface area contributed by atoms with Crippen molar-refractivity contribution in [3.8, 4) is 6.07 Å². The highest BCUT2D eigenvalue weighted by molar-refractivity contribution is 9.10. The second kappa shape index (κ2) is 5.92. The molecule has 4 nitrogen and oxygen atoms in total. The molecule has 0 saturated heterocycles. The SMILES string of the molecule is N#CC(c1cncc(Br)c1Cl)S(=O)(=O)c1ccccc1. The van der Waals surface area contributed by atoms with E-state index < -0.39 is 15.1 Å². The molecule has 20 heavy (non-hydrogen) atoms. The van der Waals surface area contributed by atoms with E-state index in [1.54, 1.807) is 24.3 Å². The van der Waals surface area contributed by atoms with Crippen LogP contribution in [-0.2, 0) is 9.84 Å². The van der Waals surface area contributed by atoms with Crippen molar-refractivity contribution in [1.82, 2.24) is 4.98 Å². The van der Waals surface area contributed by atoms with Crippen LogP contribution in [0.25, 0.3) is 0 Å².